The first-order valence-corrected chi connectivity index (χ1v) is 6.01. The molecular weight excluding hydrogens is 218 g/mol. The Hall–Kier alpha value is -1.59. The van der Waals surface area contributed by atoms with E-state index in [9.17, 15) is 0 Å². The lowest BCUT2D eigenvalue weighted by Gasteiger charge is -2.10. The van der Waals surface area contributed by atoms with E-state index in [1.807, 2.05) is 13.8 Å². The van der Waals surface area contributed by atoms with Crippen LogP contribution in [0.2, 0.25) is 0 Å². The average Bonchev–Trinajstić information content (AvgIpc) is 3.09. The molecule has 1 aromatic rings. The molecule has 0 radical (unpaired) electrons. The second kappa shape index (κ2) is 5.16. The SMILES string of the molecule is CNc1nc(NCC2CC2)nc(OC(C)C)n1. The Morgan fingerprint density at radius 2 is 1.94 bits per heavy atom. The standard InChI is InChI=1S/C11H19N5O/c1-7(2)17-11-15-9(12-3)14-10(16-11)13-6-8-4-5-8/h7-8H,4-6H2,1-3H3,(H2,12,13,14,15,16). The molecule has 0 aliphatic heterocycles. The molecule has 0 aromatic carbocycles. The number of nitrogens with zero attached hydrogens (tertiary/aromatic N) is 3. The fourth-order valence-corrected chi connectivity index (χ4v) is 1.37. The second-order valence-electron chi connectivity index (χ2n) is 4.51. The summed E-state index contributed by atoms with van der Waals surface area (Å²) < 4.78 is 5.48. The molecule has 1 aliphatic rings. The van der Waals surface area contributed by atoms with Crippen LogP contribution in [-0.4, -0.2) is 34.6 Å². The van der Waals surface area contributed by atoms with Crippen LogP contribution >= 0.6 is 0 Å². The number of ether oxygens (including phenoxy) is 1. The maximum atomic E-state index is 5.48. The van der Waals surface area contributed by atoms with Gasteiger partial charge in [-0.2, -0.15) is 15.0 Å². The summed E-state index contributed by atoms with van der Waals surface area (Å²) in [6.07, 6.45) is 2.65. The van der Waals surface area contributed by atoms with E-state index in [0.717, 1.165) is 12.5 Å². The predicted molar refractivity (Wildman–Crippen MR) is 66.4 cm³/mol. The van der Waals surface area contributed by atoms with Crippen LogP contribution in [-0.2, 0) is 0 Å². The highest BCUT2D eigenvalue weighted by Crippen LogP contribution is 2.28. The fraction of sp³-hybridized carbons (Fsp3) is 0.727. The molecule has 1 saturated carbocycles. The summed E-state index contributed by atoms with van der Waals surface area (Å²) in [7, 11) is 1.78. The largest absolute Gasteiger partial charge is 0.461 e. The first-order valence-electron chi connectivity index (χ1n) is 6.01. The normalized spacial score (nSPS) is 14.8. The Morgan fingerprint density at radius 1 is 1.24 bits per heavy atom. The highest BCUT2D eigenvalue weighted by molar-refractivity contribution is 5.35. The molecule has 0 spiro atoms. The van der Waals surface area contributed by atoms with E-state index >= 15 is 0 Å². The third-order valence-electron chi connectivity index (χ3n) is 2.43. The van der Waals surface area contributed by atoms with Crippen LogP contribution in [0.1, 0.15) is 26.7 Å². The fourth-order valence-electron chi connectivity index (χ4n) is 1.37. The van der Waals surface area contributed by atoms with Gasteiger partial charge >= 0.3 is 6.01 Å². The van der Waals surface area contributed by atoms with Gasteiger partial charge in [-0.05, 0) is 32.6 Å². The highest BCUT2D eigenvalue weighted by Gasteiger charge is 2.21. The zero-order valence-corrected chi connectivity index (χ0v) is 10.5. The topological polar surface area (TPSA) is 72.0 Å². The maximum Gasteiger partial charge on any atom is 0.323 e. The Balaban J connectivity index is 2.06. The molecular formula is C11H19N5O. The zero-order valence-electron chi connectivity index (χ0n) is 10.5. The van der Waals surface area contributed by atoms with Gasteiger partial charge in [0.1, 0.15) is 0 Å². The minimum atomic E-state index is 0.0541. The van der Waals surface area contributed by atoms with Crippen molar-refractivity contribution in [1.29, 1.82) is 0 Å². The van der Waals surface area contributed by atoms with Crippen LogP contribution in [0.25, 0.3) is 0 Å². The summed E-state index contributed by atoms with van der Waals surface area (Å²) in [6.45, 7) is 4.81. The van der Waals surface area contributed by atoms with Crippen LogP contribution in [0.5, 0.6) is 6.01 Å². The number of nitrogens with one attached hydrogen (secondary N) is 2. The quantitative estimate of drug-likeness (QED) is 0.781. The number of aromatic nitrogens is 3. The minimum Gasteiger partial charge on any atom is -0.461 e. The van der Waals surface area contributed by atoms with Crippen molar-refractivity contribution in [2.24, 2.45) is 5.92 Å². The third-order valence-corrected chi connectivity index (χ3v) is 2.43. The first kappa shape index (κ1) is 11.9. The Bertz CT molecular complexity index is 378. The Kier molecular flexibility index (Phi) is 3.61. The van der Waals surface area contributed by atoms with E-state index in [1.54, 1.807) is 7.05 Å². The Morgan fingerprint density at radius 3 is 2.53 bits per heavy atom. The average molecular weight is 237 g/mol. The van der Waals surface area contributed by atoms with Crippen molar-refractivity contribution in [2.45, 2.75) is 32.8 Å². The smallest absolute Gasteiger partial charge is 0.323 e. The monoisotopic (exact) mass is 237 g/mol. The van der Waals surface area contributed by atoms with Gasteiger partial charge in [-0.25, -0.2) is 0 Å². The van der Waals surface area contributed by atoms with Crippen LogP contribution < -0.4 is 15.4 Å². The molecule has 6 nitrogen and oxygen atoms in total. The summed E-state index contributed by atoms with van der Waals surface area (Å²) in [5.74, 6) is 1.88. The van der Waals surface area contributed by atoms with E-state index < -0.39 is 0 Å². The predicted octanol–water partition coefficient (Wildman–Crippen LogP) is 1.52. The summed E-state index contributed by atoms with van der Waals surface area (Å²) in [6, 6.07) is 0.359. The van der Waals surface area contributed by atoms with Gasteiger partial charge in [-0.1, -0.05) is 0 Å². The van der Waals surface area contributed by atoms with Gasteiger partial charge in [0.05, 0.1) is 6.10 Å². The van der Waals surface area contributed by atoms with Crippen molar-refractivity contribution >= 4 is 11.9 Å². The molecule has 17 heavy (non-hydrogen) atoms. The molecule has 1 aromatic heterocycles. The summed E-state index contributed by atoms with van der Waals surface area (Å²) in [5, 5.41) is 6.11. The second-order valence-corrected chi connectivity index (χ2v) is 4.51. The number of anilines is 2. The van der Waals surface area contributed by atoms with Gasteiger partial charge in [-0.15, -0.1) is 0 Å². The maximum absolute atomic E-state index is 5.48. The summed E-state index contributed by atoms with van der Waals surface area (Å²) >= 11 is 0. The summed E-state index contributed by atoms with van der Waals surface area (Å²) in [5.41, 5.74) is 0. The van der Waals surface area contributed by atoms with Crippen LogP contribution in [0.4, 0.5) is 11.9 Å². The molecule has 0 bridgehead atoms. The van der Waals surface area contributed by atoms with E-state index in [4.69, 9.17) is 4.74 Å². The van der Waals surface area contributed by atoms with Crippen molar-refractivity contribution in [3.8, 4) is 6.01 Å². The van der Waals surface area contributed by atoms with E-state index in [0.29, 0.717) is 17.9 Å². The molecule has 6 heteroatoms. The lowest BCUT2D eigenvalue weighted by atomic mass is 10.4. The van der Waals surface area contributed by atoms with Crippen LogP contribution in [0, 0.1) is 5.92 Å². The molecule has 0 amide bonds. The van der Waals surface area contributed by atoms with Gasteiger partial charge in [0.25, 0.3) is 0 Å². The van der Waals surface area contributed by atoms with Crippen molar-refractivity contribution < 1.29 is 4.74 Å². The lowest BCUT2D eigenvalue weighted by Crippen LogP contribution is -2.13. The highest BCUT2D eigenvalue weighted by atomic mass is 16.5. The zero-order chi connectivity index (χ0) is 12.3. The van der Waals surface area contributed by atoms with E-state index in [2.05, 4.69) is 25.6 Å². The van der Waals surface area contributed by atoms with Gasteiger partial charge in [-0.3, -0.25) is 0 Å². The number of hydrogen-bond acceptors (Lipinski definition) is 6. The van der Waals surface area contributed by atoms with Crippen molar-refractivity contribution in [3.63, 3.8) is 0 Å². The van der Waals surface area contributed by atoms with Gasteiger partial charge < -0.3 is 15.4 Å². The van der Waals surface area contributed by atoms with Crippen molar-refractivity contribution in [1.82, 2.24) is 15.0 Å². The molecule has 2 N–H and O–H groups in total. The molecule has 0 unspecified atom stereocenters. The summed E-state index contributed by atoms with van der Waals surface area (Å²) in [4.78, 5) is 12.6. The molecule has 94 valence electrons. The molecule has 0 saturated heterocycles. The van der Waals surface area contributed by atoms with Crippen LogP contribution in [0.15, 0.2) is 0 Å². The van der Waals surface area contributed by atoms with Gasteiger partial charge in [0.15, 0.2) is 0 Å². The lowest BCUT2D eigenvalue weighted by molar-refractivity contribution is 0.222. The molecule has 1 heterocycles. The first-order chi connectivity index (χ1) is 8.17. The third kappa shape index (κ3) is 3.72. The number of rotatable bonds is 6. The molecule has 1 aliphatic carbocycles. The number of hydrogen-bond donors (Lipinski definition) is 2. The van der Waals surface area contributed by atoms with E-state index in [1.165, 1.54) is 12.8 Å². The Labute approximate surface area is 101 Å². The van der Waals surface area contributed by atoms with Crippen molar-refractivity contribution in [3.05, 3.63) is 0 Å². The minimum absolute atomic E-state index is 0.0541. The van der Waals surface area contributed by atoms with Gasteiger partial charge in [0.2, 0.25) is 11.9 Å². The molecule has 1 fully saturated rings. The molecule has 0 atom stereocenters. The molecule has 2 rings (SSSR count). The van der Waals surface area contributed by atoms with Crippen molar-refractivity contribution in [2.75, 3.05) is 24.2 Å². The van der Waals surface area contributed by atoms with Crippen LogP contribution in [0.3, 0.4) is 0 Å². The van der Waals surface area contributed by atoms with Gasteiger partial charge in [0, 0.05) is 13.6 Å². The van der Waals surface area contributed by atoms with E-state index in [-0.39, 0.29) is 6.10 Å².